The Bertz CT molecular complexity index is 821. The van der Waals surface area contributed by atoms with E-state index in [0.29, 0.717) is 5.95 Å². The maximum Gasteiger partial charge on any atom is 0.229 e. The monoisotopic (exact) mass is 382 g/mol. The van der Waals surface area contributed by atoms with Crippen molar-refractivity contribution in [2.45, 2.75) is 13.8 Å². The van der Waals surface area contributed by atoms with Crippen molar-refractivity contribution < 1.29 is 0 Å². The van der Waals surface area contributed by atoms with Gasteiger partial charge in [-0.3, -0.25) is 0 Å². The molecule has 4 nitrogen and oxygen atoms in total. The molecule has 0 saturated heterocycles. The lowest BCUT2D eigenvalue weighted by Crippen LogP contribution is -2.17. The summed E-state index contributed by atoms with van der Waals surface area (Å²) in [7, 11) is 0. The summed E-state index contributed by atoms with van der Waals surface area (Å²) in [4.78, 5) is 11.1. The lowest BCUT2D eigenvalue weighted by molar-refractivity contribution is 0.979. The van der Waals surface area contributed by atoms with Crippen LogP contribution in [0.1, 0.15) is 12.5 Å². The minimum Gasteiger partial charge on any atom is -0.327 e. The highest BCUT2D eigenvalue weighted by Gasteiger charge is 2.09. The van der Waals surface area contributed by atoms with Crippen LogP contribution in [0, 0.1) is 6.92 Å². The molecule has 0 saturated carbocycles. The zero-order chi connectivity index (χ0) is 16.9. The van der Waals surface area contributed by atoms with E-state index in [1.807, 2.05) is 36.4 Å². The van der Waals surface area contributed by atoms with Crippen molar-refractivity contribution in [2.75, 3.05) is 16.8 Å². The average Bonchev–Trinajstić information content (AvgIpc) is 2.60. The standard InChI is InChI=1S/C19H19BrN4/c1-3-24(16-7-5-4-6-8-16)18-11-12-21-19(23-18)22-15-10-9-14(2)17(20)13-15/h4-13H,3H2,1-2H3,(H,21,22,23). The molecule has 0 aliphatic carbocycles. The van der Waals surface area contributed by atoms with Gasteiger partial charge in [-0.25, -0.2) is 4.98 Å². The first-order valence-electron chi connectivity index (χ1n) is 7.86. The normalized spacial score (nSPS) is 10.5. The molecule has 0 radical (unpaired) electrons. The molecule has 0 atom stereocenters. The Labute approximate surface area is 150 Å². The third-order valence-corrected chi connectivity index (χ3v) is 4.58. The molecule has 0 bridgehead atoms. The van der Waals surface area contributed by atoms with Gasteiger partial charge in [0.15, 0.2) is 0 Å². The van der Waals surface area contributed by atoms with Gasteiger partial charge in [0, 0.05) is 28.6 Å². The van der Waals surface area contributed by atoms with Crippen LogP contribution in [0.25, 0.3) is 0 Å². The largest absolute Gasteiger partial charge is 0.327 e. The zero-order valence-electron chi connectivity index (χ0n) is 13.7. The molecular weight excluding hydrogens is 364 g/mol. The van der Waals surface area contributed by atoms with Gasteiger partial charge in [-0.2, -0.15) is 4.98 Å². The molecule has 0 unspecified atom stereocenters. The first-order chi connectivity index (χ1) is 11.7. The first kappa shape index (κ1) is 16.5. The number of nitrogens with one attached hydrogen (secondary N) is 1. The summed E-state index contributed by atoms with van der Waals surface area (Å²) in [6.07, 6.45) is 1.78. The van der Waals surface area contributed by atoms with Gasteiger partial charge in [0.1, 0.15) is 5.82 Å². The van der Waals surface area contributed by atoms with Crippen LogP contribution in [-0.2, 0) is 0 Å². The molecule has 3 rings (SSSR count). The molecule has 2 aromatic carbocycles. The fourth-order valence-electron chi connectivity index (χ4n) is 2.44. The third kappa shape index (κ3) is 3.74. The number of para-hydroxylation sites is 1. The summed E-state index contributed by atoms with van der Waals surface area (Å²) in [6, 6.07) is 18.3. The summed E-state index contributed by atoms with van der Waals surface area (Å²) in [6.45, 7) is 5.00. The van der Waals surface area contributed by atoms with E-state index < -0.39 is 0 Å². The second-order valence-corrected chi connectivity index (χ2v) is 6.26. The van der Waals surface area contributed by atoms with Crippen LogP contribution in [-0.4, -0.2) is 16.5 Å². The van der Waals surface area contributed by atoms with E-state index in [1.165, 1.54) is 5.56 Å². The highest BCUT2D eigenvalue weighted by atomic mass is 79.9. The minimum absolute atomic E-state index is 0.581. The summed E-state index contributed by atoms with van der Waals surface area (Å²) in [5.74, 6) is 1.45. The van der Waals surface area contributed by atoms with Crippen LogP contribution in [0.5, 0.6) is 0 Å². The van der Waals surface area contributed by atoms with Crippen LogP contribution in [0.15, 0.2) is 65.3 Å². The van der Waals surface area contributed by atoms with Crippen molar-refractivity contribution in [1.82, 2.24) is 9.97 Å². The molecule has 122 valence electrons. The van der Waals surface area contributed by atoms with E-state index in [1.54, 1.807) is 6.20 Å². The molecule has 0 spiro atoms. The van der Waals surface area contributed by atoms with Crippen molar-refractivity contribution in [1.29, 1.82) is 0 Å². The van der Waals surface area contributed by atoms with Crippen LogP contribution in [0.2, 0.25) is 0 Å². The van der Waals surface area contributed by atoms with E-state index in [4.69, 9.17) is 0 Å². The second kappa shape index (κ2) is 7.45. The fourth-order valence-corrected chi connectivity index (χ4v) is 2.82. The van der Waals surface area contributed by atoms with Crippen molar-refractivity contribution in [3.8, 4) is 0 Å². The van der Waals surface area contributed by atoms with Gasteiger partial charge in [-0.15, -0.1) is 0 Å². The smallest absolute Gasteiger partial charge is 0.229 e. The molecule has 24 heavy (non-hydrogen) atoms. The van der Waals surface area contributed by atoms with Gasteiger partial charge >= 0.3 is 0 Å². The predicted octanol–water partition coefficient (Wildman–Crippen LogP) is 5.45. The van der Waals surface area contributed by atoms with E-state index in [0.717, 1.165) is 28.2 Å². The second-order valence-electron chi connectivity index (χ2n) is 5.41. The highest BCUT2D eigenvalue weighted by molar-refractivity contribution is 9.10. The number of anilines is 4. The van der Waals surface area contributed by atoms with Crippen LogP contribution in [0.3, 0.4) is 0 Å². The Balaban J connectivity index is 1.86. The van der Waals surface area contributed by atoms with Crippen molar-refractivity contribution in [2.24, 2.45) is 0 Å². The number of rotatable bonds is 5. The summed E-state index contributed by atoms with van der Waals surface area (Å²) in [5.41, 5.74) is 3.26. The van der Waals surface area contributed by atoms with Crippen LogP contribution >= 0.6 is 15.9 Å². The van der Waals surface area contributed by atoms with Gasteiger partial charge in [0.25, 0.3) is 0 Å². The Kier molecular flexibility index (Phi) is 5.11. The SMILES string of the molecule is CCN(c1ccccc1)c1ccnc(Nc2ccc(C)c(Br)c2)n1. The van der Waals surface area contributed by atoms with Crippen LogP contribution in [0.4, 0.5) is 23.1 Å². The number of halogens is 1. The van der Waals surface area contributed by atoms with Crippen LogP contribution < -0.4 is 10.2 Å². The first-order valence-corrected chi connectivity index (χ1v) is 8.65. The van der Waals surface area contributed by atoms with Gasteiger partial charge in [0.05, 0.1) is 0 Å². The van der Waals surface area contributed by atoms with Gasteiger partial charge in [0.2, 0.25) is 5.95 Å². The molecule has 1 aromatic heterocycles. The quantitative estimate of drug-likeness (QED) is 0.636. The summed E-state index contributed by atoms with van der Waals surface area (Å²) < 4.78 is 1.06. The molecule has 5 heteroatoms. The third-order valence-electron chi connectivity index (χ3n) is 3.73. The van der Waals surface area contributed by atoms with E-state index >= 15 is 0 Å². The number of hydrogen-bond acceptors (Lipinski definition) is 4. The number of aryl methyl sites for hydroxylation is 1. The maximum absolute atomic E-state index is 4.66. The molecule has 0 amide bonds. The zero-order valence-corrected chi connectivity index (χ0v) is 15.3. The summed E-state index contributed by atoms with van der Waals surface area (Å²) >= 11 is 3.55. The number of aromatic nitrogens is 2. The molecular formula is C19H19BrN4. The molecule has 0 fully saturated rings. The fraction of sp³-hybridized carbons (Fsp3) is 0.158. The Morgan fingerprint density at radius 3 is 2.58 bits per heavy atom. The molecule has 3 aromatic rings. The molecule has 0 aliphatic rings. The Morgan fingerprint density at radius 1 is 1.08 bits per heavy atom. The predicted molar refractivity (Wildman–Crippen MR) is 103 cm³/mol. The minimum atomic E-state index is 0.581. The van der Waals surface area contributed by atoms with Crippen molar-refractivity contribution in [3.05, 3.63) is 70.8 Å². The van der Waals surface area contributed by atoms with Crippen molar-refractivity contribution in [3.63, 3.8) is 0 Å². The van der Waals surface area contributed by atoms with Gasteiger partial charge < -0.3 is 10.2 Å². The number of nitrogens with zero attached hydrogens (tertiary/aromatic N) is 3. The molecule has 1 N–H and O–H groups in total. The molecule has 1 heterocycles. The van der Waals surface area contributed by atoms with Gasteiger partial charge in [-0.05, 0) is 49.7 Å². The van der Waals surface area contributed by atoms with Gasteiger partial charge in [-0.1, -0.05) is 40.2 Å². The van der Waals surface area contributed by atoms with E-state index in [2.05, 4.69) is 68.2 Å². The highest BCUT2D eigenvalue weighted by Crippen LogP contribution is 2.25. The Hall–Kier alpha value is -2.40. The topological polar surface area (TPSA) is 41.1 Å². The lowest BCUT2D eigenvalue weighted by Gasteiger charge is -2.22. The maximum atomic E-state index is 4.66. The number of benzene rings is 2. The average molecular weight is 383 g/mol. The lowest BCUT2D eigenvalue weighted by atomic mass is 10.2. The number of hydrogen-bond donors (Lipinski definition) is 1. The summed E-state index contributed by atoms with van der Waals surface area (Å²) in [5, 5.41) is 3.26. The molecule has 0 aliphatic heterocycles. The van der Waals surface area contributed by atoms with Crippen molar-refractivity contribution >= 4 is 39.1 Å². The van der Waals surface area contributed by atoms with E-state index in [-0.39, 0.29) is 0 Å². The van der Waals surface area contributed by atoms with E-state index in [9.17, 15) is 0 Å². The Morgan fingerprint density at radius 2 is 1.88 bits per heavy atom.